The molecule has 0 saturated carbocycles. The molecule has 1 saturated heterocycles. The Morgan fingerprint density at radius 1 is 0.963 bits per heavy atom. The van der Waals surface area contributed by atoms with Crippen LogP contribution in [0.4, 0.5) is 5.69 Å². The second kappa shape index (κ2) is 7.91. The first-order valence-electron chi connectivity index (χ1n) is 9.83. The molecule has 0 radical (unpaired) electrons. The summed E-state index contributed by atoms with van der Waals surface area (Å²) in [5, 5.41) is 2.94. The zero-order valence-electron chi connectivity index (χ0n) is 15.5. The monoisotopic (exact) mass is 363 g/mol. The number of hydrogen-bond acceptors (Lipinski definition) is 3. The van der Waals surface area contributed by atoms with E-state index in [0.717, 1.165) is 24.1 Å². The quantitative estimate of drug-likeness (QED) is 0.908. The molecule has 27 heavy (non-hydrogen) atoms. The summed E-state index contributed by atoms with van der Waals surface area (Å²) in [6, 6.07) is 9.74. The van der Waals surface area contributed by atoms with Crippen molar-refractivity contribution in [3.63, 3.8) is 0 Å². The molecule has 1 aromatic carbocycles. The van der Waals surface area contributed by atoms with Crippen LogP contribution >= 0.6 is 0 Å². The number of nitrogens with zero attached hydrogens (tertiary/aromatic N) is 2. The van der Waals surface area contributed by atoms with Crippen molar-refractivity contribution in [1.82, 2.24) is 9.88 Å². The molecule has 2 amide bonds. The van der Waals surface area contributed by atoms with E-state index >= 15 is 0 Å². The zero-order valence-corrected chi connectivity index (χ0v) is 15.5. The minimum absolute atomic E-state index is 0.0297. The van der Waals surface area contributed by atoms with Crippen LogP contribution in [0, 0.1) is 5.92 Å². The van der Waals surface area contributed by atoms with E-state index in [0.29, 0.717) is 25.9 Å². The first kappa shape index (κ1) is 17.7. The van der Waals surface area contributed by atoms with E-state index in [1.807, 2.05) is 11.0 Å². The minimum Gasteiger partial charge on any atom is -0.339 e. The summed E-state index contributed by atoms with van der Waals surface area (Å²) < 4.78 is 0. The molecule has 4 rings (SSSR count). The van der Waals surface area contributed by atoms with Crippen LogP contribution in [0.2, 0.25) is 0 Å². The fourth-order valence-corrected chi connectivity index (χ4v) is 4.07. The Kier molecular flexibility index (Phi) is 5.19. The van der Waals surface area contributed by atoms with Gasteiger partial charge in [-0.25, -0.2) is 0 Å². The molecule has 0 bridgehead atoms. The van der Waals surface area contributed by atoms with Crippen LogP contribution in [0.25, 0.3) is 0 Å². The van der Waals surface area contributed by atoms with E-state index in [-0.39, 0.29) is 17.7 Å². The Labute approximate surface area is 159 Å². The van der Waals surface area contributed by atoms with Gasteiger partial charge in [0.05, 0.1) is 0 Å². The van der Waals surface area contributed by atoms with E-state index in [2.05, 4.69) is 22.4 Å². The standard InChI is InChI=1S/C22H25N3O2/c26-21(24-20-7-11-23-12-8-20)17-9-13-25(14-10-17)22(27)19-6-5-16-3-1-2-4-18(16)15-19/h5-8,11-12,15,17H,1-4,9-10,13-14H2,(H,23,24,26). The first-order valence-corrected chi connectivity index (χ1v) is 9.83. The highest BCUT2D eigenvalue weighted by molar-refractivity contribution is 5.95. The Balaban J connectivity index is 1.35. The summed E-state index contributed by atoms with van der Waals surface area (Å²) in [4.78, 5) is 31.2. The lowest BCUT2D eigenvalue weighted by molar-refractivity contribution is -0.121. The number of piperidine rings is 1. The van der Waals surface area contributed by atoms with Gasteiger partial charge in [-0.2, -0.15) is 0 Å². The molecule has 1 aromatic heterocycles. The maximum Gasteiger partial charge on any atom is 0.253 e. The smallest absolute Gasteiger partial charge is 0.253 e. The molecular formula is C22H25N3O2. The van der Waals surface area contributed by atoms with Gasteiger partial charge in [0.25, 0.3) is 5.91 Å². The number of pyridine rings is 1. The van der Waals surface area contributed by atoms with Crippen molar-refractivity contribution < 1.29 is 9.59 Å². The average molecular weight is 363 g/mol. The minimum atomic E-state index is -0.0502. The van der Waals surface area contributed by atoms with E-state index < -0.39 is 0 Å². The molecule has 0 atom stereocenters. The molecule has 0 unspecified atom stereocenters. The molecule has 2 aromatic rings. The lowest BCUT2D eigenvalue weighted by Gasteiger charge is -2.31. The predicted molar refractivity (Wildman–Crippen MR) is 105 cm³/mol. The fourth-order valence-electron chi connectivity index (χ4n) is 4.07. The highest BCUT2D eigenvalue weighted by Gasteiger charge is 2.28. The molecule has 0 spiro atoms. The number of rotatable bonds is 3. The Morgan fingerprint density at radius 3 is 2.41 bits per heavy atom. The Hall–Kier alpha value is -2.69. The third kappa shape index (κ3) is 4.02. The number of anilines is 1. The second-order valence-electron chi connectivity index (χ2n) is 7.48. The van der Waals surface area contributed by atoms with Crippen LogP contribution in [-0.2, 0) is 17.6 Å². The van der Waals surface area contributed by atoms with Gasteiger partial charge < -0.3 is 10.2 Å². The van der Waals surface area contributed by atoms with E-state index in [1.54, 1.807) is 24.5 Å². The van der Waals surface area contributed by atoms with Crippen molar-refractivity contribution in [2.24, 2.45) is 5.92 Å². The van der Waals surface area contributed by atoms with Crippen molar-refractivity contribution in [1.29, 1.82) is 0 Å². The van der Waals surface area contributed by atoms with Gasteiger partial charge >= 0.3 is 0 Å². The number of aryl methyl sites for hydroxylation is 2. The van der Waals surface area contributed by atoms with Gasteiger partial charge in [-0.15, -0.1) is 0 Å². The molecular weight excluding hydrogens is 338 g/mol. The second-order valence-corrected chi connectivity index (χ2v) is 7.48. The van der Waals surface area contributed by atoms with Crippen molar-refractivity contribution in [3.8, 4) is 0 Å². The topological polar surface area (TPSA) is 62.3 Å². The molecule has 1 fully saturated rings. The van der Waals surface area contributed by atoms with Crippen LogP contribution in [0.5, 0.6) is 0 Å². The number of likely N-dealkylation sites (tertiary alicyclic amines) is 1. The molecule has 2 aliphatic rings. The number of fused-ring (bicyclic) bond motifs is 1. The highest BCUT2D eigenvalue weighted by atomic mass is 16.2. The fraction of sp³-hybridized carbons (Fsp3) is 0.409. The Bertz CT molecular complexity index is 827. The van der Waals surface area contributed by atoms with Crippen molar-refractivity contribution in [2.75, 3.05) is 18.4 Å². The highest BCUT2D eigenvalue weighted by Crippen LogP contribution is 2.25. The van der Waals surface area contributed by atoms with Crippen molar-refractivity contribution >= 4 is 17.5 Å². The number of amides is 2. The third-order valence-corrected chi connectivity index (χ3v) is 5.70. The van der Waals surface area contributed by atoms with Gasteiger partial charge in [-0.05, 0) is 73.9 Å². The van der Waals surface area contributed by atoms with Gasteiger partial charge in [0, 0.05) is 42.7 Å². The van der Waals surface area contributed by atoms with Gasteiger partial charge in [0.1, 0.15) is 0 Å². The van der Waals surface area contributed by atoms with Gasteiger partial charge in [-0.3, -0.25) is 14.6 Å². The number of aromatic nitrogens is 1. The third-order valence-electron chi connectivity index (χ3n) is 5.70. The molecule has 5 nitrogen and oxygen atoms in total. The lowest BCUT2D eigenvalue weighted by atomic mass is 9.90. The van der Waals surface area contributed by atoms with Crippen molar-refractivity contribution in [2.45, 2.75) is 38.5 Å². The molecule has 1 N–H and O–H groups in total. The number of carbonyl (C=O) groups is 2. The molecule has 140 valence electrons. The molecule has 1 aliphatic carbocycles. The summed E-state index contributed by atoms with van der Waals surface area (Å²) >= 11 is 0. The summed E-state index contributed by atoms with van der Waals surface area (Å²) in [5.74, 6) is 0.0733. The largest absolute Gasteiger partial charge is 0.339 e. The molecule has 1 aliphatic heterocycles. The Morgan fingerprint density at radius 2 is 1.67 bits per heavy atom. The zero-order chi connectivity index (χ0) is 18.6. The number of nitrogens with one attached hydrogen (secondary N) is 1. The molecule has 2 heterocycles. The van der Waals surface area contributed by atoms with Crippen LogP contribution in [0.15, 0.2) is 42.7 Å². The van der Waals surface area contributed by atoms with E-state index in [1.165, 1.54) is 24.0 Å². The number of benzene rings is 1. The van der Waals surface area contributed by atoms with Crippen LogP contribution in [0.1, 0.15) is 47.2 Å². The van der Waals surface area contributed by atoms with E-state index in [9.17, 15) is 9.59 Å². The van der Waals surface area contributed by atoms with Gasteiger partial charge in [0.2, 0.25) is 5.91 Å². The average Bonchev–Trinajstić information content (AvgIpc) is 2.73. The van der Waals surface area contributed by atoms with Crippen molar-refractivity contribution in [3.05, 3.63) is 59.4 Å². The molecule has 5 heteroatoms. The SMILES string of the molecule is O=C(Nc1ccncc1)C1CCN(C(=O)c2ccc3c(c2)CCCC3)CC1. The van der Waals surface area contributed by atoms with Crippen LogP contribution in [0.3, 0.4) is 0 Å². The maximum absolute atomic E-state index is 12.9. The first-order chi connectivity index (χ1) is 13.2. The lowest BCUT2D eigenvalue weighted by Crippen LogP contribution is -2.41. The van der Waals surface area contributed by atoms with E-state index in [4.69, 9.17) is 0 Å². The van der Waals surface area contributed by atoms with Gasteiger partial charge in [0.15, 0.2) is 0 Å². The van der Waals surface area contributed by atoms with Crippen LogP contribution in [-0.4, -0.2) is 34.8 Å². The maximum atomic E-state index is 12.9. The summed E-state index contributed by atoms with van der Waals surface area (Å²) in [6.07, 6.45) is 9.39. The summed E-state index contributed by atoms with van der Waals surface area (Å²) in [5.41, 5.74) is 4.28. The summed E-state index contributed by atoms with van der Waals surface area (Å²) in [7, 11) is 0. The predicted octanol–water partition coefficient (Wildman–Crippen LogP) is 3.45. The normalized spacial score (nSPS) is 17.3. The van der Waals surface area contributed by atoms with Gasteiger partial charge in [-0.1, -0.05) is 6.07 Å². The number of carbonyl (C=O) groups excluding carboxylic acids is 2. The number of hydrogen-bond donors (Lipinski definition) is 1. The summed E-state index contributed by atoms with van der Waals surface area (Å²) in [6.45, 7) is 1.26. The van der Waals surface area contributed by atoms with Crippen LogP contribution < -0.4 is 5.32 Å².